The smallest absolute Gasteiger partial charge is 0.306 e. The van der Waals surface area contributed by atoms with E-state index in [1.54, 1.807) is 0 Å². The maximum Gasteiger partial charge on any atom is 0.306 e. The van der Waals surface area contributed by atoms with Gasteiger partial charge in [-0.15, -0.1) is 0 Å². The molecule has 0 saturated heterocycles. The van der Waals surface area contributed by atoms with Gasteiger partial charge in [0.05, 0.1) is 12.1 Å². The van der Waals surface area contributed by atoms with E-state index in [1.807, 2.05) is 20.8 Å². The van der Waals surface area contributed by atoms with Crippen LogP contribution in [0.4, 0.5) is 0 Å². The lowest BCUT2D eigenvalue weighted by atomic mass is 9.68. The predicted molar refractivity (Wildman–Crippen MR) is 194 cm³/mol. The minimum absolute atomic E-state index is 0.119. The van der Waals surface area contributed by atoms with Crippen LogP contribution in [-0.2, 0) is 14.0 Å². The first-order valence-corrected chi connectivity index (χ1v) is 20.2. The Morgan fingerprint density at radius 2 is 1.47 bits per heavy atom. The molecule has 1 unspecified atom stereocenters. The number of rotatable bonds is 15. The first-order valence-electron chi connectivity index (χ1n) is 18.3. The summed E-state index contributed by atoms with van der Waals surface area (Å²) in [6, 6.07) is 21.5. The van der Waals surface area contributed by atoms with E-state index in [2.05, 4.69) is 95.3 Å². The van der Waals surface area contributed by atoms with Crippen molar-refractivity contribution >= 4 is 24.7 Å². The van der Waals surface area contributed by atoms with Gasteiger partial charge in [-0.2, -0.15) is 0 Å². The van der Waals surface area contributed by atoms with E-state index in [4.69, 9.17) is 18.8 Å². The zero-order chi connectivity index (χ0) is 33.8. The quantitative estimate of drug-likeness (QED) is 0.120. The molecule has 2 aliphatic rings. The Morgan fingerprint density at radius 1 is 0.894 bits per heavy atom. The summed E-state index contributed by atoms with van der Waals surface area (Å²) in [5.41, 5.74) is 1.73. The minimum Gasteiger partial charge on any atom is -0.460 e. The van der Waals surface area contributed by atoms with Gasteiger partial charge in [0.2, 0.25) is 0 Å². The lowest BCUT2D eigenvalue weighted by Crippen LogP contribution is -2.66. The highest BCUT2D eigenvalue weighted by Gasteiger charge is 2.50. The van der Waals surface area contributed by atoms with Crippen LogP contribution in [0, 0.1) is 11.8 Å². The largest absolute Gasteiger partial charge is 0.460 e. The lowest BCUT2D eigenvalue weighted by Gasteiger charge is -2.43. The van der Waals surface area contributed by atoms with Gasteiger partial charge in [-0.05, 0) is 92.5 Å². The maximum atomic E-state index is 13.4. The molecule has 6 heteroatoms. The number of aromatic nitrogens is 1. The number of hydrogen-bond donors (Lipinski definition) is 0. The molecule has 47 heavy (non-hydrogen) atoms. The third-order valence-corrected chi connectivity index (χ3v) is 15.7. The number of ether oxygens (including phenoxy) is 1. The van der Waals surface area contributed by atoms with E-state index in [-0.39, 0.29) is 23.3 Å². The molecule has 1 atom stereocenters. The molecule has 2 aliphatic carbocycles. The third-order valence-electron chi connectivity index (χ3n) is 10.6. The molecular formula is C41H59NO4Si. The summed E-state index contributed by atoms with van der Waals surface area (Å²) in [6.45, 7) is 17.9. The molecule has 1 aromatic heterocycles. The number of carbonyl (C=O) groups is 1. The fourth-order valence-electron chi connectivity index (χ4n) is 7.97. The highest BCUT2D eigenvalue weighted by atomic mass is 28.4. The van der Waals surface area contributed by atoms with Crippen molar-refractivity contribution in [1.29, 1.82) is 0 Å². The van der Waals surface area contributed by atoms with E-state index < -0.39 is 13.9 Å². The number of carbonyl (C=O) groups excluding carboxylic acids is 1. The molecule has 0 radical (unpaired) electrons. The van der Waals surface area contributed by atoms with Crippen LogP contribution in [0.1, 0.15) is 148 Å². The molecule has 2 saturated carbocycles. The van der Waals surface area contributed by atoms with Gasteiger partial charge in [0, 0.05) is 24.0 Å². The zero-order valence-corrected chi connectivity index (χ0v) is 31.3. The highest BCUT2D eigenvalue weighted by molar-refractivity contribution is 6.99. The van der Waals surface area contributed by atoms with Gasteiger partial charge < -0.3 is 13.7 Å². The van der Waals surface area contributed by atoms with E-state index in [0.717, 1.165) is 23.3 Å². The molecule has 2 aromatic carbocycles. The monoisotopic (exact) mass is 657 g/mol. The van der Waals surface area contributed by atoms with Gasteiger partial charge in [-0.3, -0.25) is 4.79 Å². The molecule has 1 heterocycles. The molecule has 5 nitrogen and oxygen atoms in total. The summed E-state index contributed by atoms with van der Waals surface area (Å²) < 4.78 is 19.5. The Balaban J connectivity index is 1.43. The van der Waals surface area contributed by atoms with Gasteiger partial charge in [0.15, 0.2) is 0 Å². The molecule has 3 aromatic rings. The fraction of sp³-hybridized carbons (Fsp3) is 0.610. The summed E-state index contributed by atoms with van der Waals surface area (Å²) >= 11 is 0. The normalized spacial score (nSPS) is 19.4. The summed E-state index contributed by atoms with van der Waals surface area (Å²) in [7, 11) is -2.72. The van der Waals surface area contributed by atoms with Crippen LogP contribution in [-0.4, -0.2) is 31.7 Å². The second-order valence-corrected chi connectivity index (χ2v) is 20.7. The van der Waals surface area contributed by atoms with Crippen molar-refractivity contribution in [3.05, 3.63) is 77.7 Å². The Bertz CT molecular complexity index is 1380. The third kappa shape index (κ3) is 8.30. The van der Waals surface area contributed by atoms with Crippen molar-refractivity contribution in [2.45, 2.75) is 142 Å². The van der Waals surface area contributed by atoms with Crippen LogP contribution in [0.2, 0.25) is 5.04 Å². The summed E-state index contributed by atoms with van der Waals surface area (Å²) in [4.78, 5) is 13.4. The molecule has 2 fully saturated rings. The second-order valence-electron chi connectivity index (χ2n) is 16.4. The standard InChI is InChI=1S/C41H59NO4Si/c1-9-29(10-2)25-30-26-33(27-30)39-37(31-21-22-31)38(42-46-39)32(28-36(43)45-40(3,4)5)23-24-44-47(41(6,7)8,34-17-13-11-14-18-34)35-19-15-12-16-20-35/h11-20,29-33H,9-10,21-28H2,1-8H3. The summed E-state index contributed by atoms with van der Waals surface area (Å²) in [6.07, 6.45) is 9.53. The number of benzene rings is 2. The van der Waals surface area contributed by atoms with Crippen LogP contribution in [0.15, 0.2) is 65.2 Å². The van der Waals surface area contributed by atoms with Crippen LogP contribution in [0.25, 0.3) is 0 Å². The van der Waals surface area contributed by atoms with Crippen LogP contribution in [0.3, 0.4) is 0 Å². The van der Waals surface area contributed by atoms with Gasteiger partial charge in [0.1, 0.15) is 11.4 Å². The van der Waals surface area contributed by atoms with Gasteiger partial charge in [0.25, 0.3) is 8.32 Å². The summed E-state index contributed by atoms with van der Waals surface area (Å²) in [5, 5.41) is 7.21. The van der Waals surface area contributed by atoms with Crippen LogP contribution >= 0.6 is 0 Å². The van der Waals surface area contributed by atoms with E-state index in [1.165, 1.54) is 60.9 Å². The molecular weight excluding hydrogens is 599 g/mol. The van der Waals surface area contributed by atoms with Gasteiger partial charge in [-0.25, -0.2) is 0 Å². The average molecular weight is 658 g/mol. The average Bonchev–Trinajstić information content (AvgIpc) is 3.76. The predicted octanol–water partition coefficient (Wildman–Crippen LogP) is 9.65. The van der Waals surface area contributed by atoms with Crippen LogP contribution in [0.5, 0.6) is 0 Å². The summed E-state index contributed by atoms with van der Waals surface area (Å²) in [5.74, 6) is 3.32. The Labute approximate surface area is 285 Å². The lowest BCUT2D eigenvalue weighted by molar-refractivity contribution is -0.155. The molecule has 5 rings (SSSR count). The van der Waals surface area contributed by atoms with Crippen LogP contribution < -0.4 is 10.4 Å². The Morgan fingerprint density at radius 3 is 1.96 bits per heavy atom. The van der Waals surface area contributed by atoms with E-state index in [0.29, 0.717) is 24.9 Å². The number of esters is 1. The number of nitrogens with zero attached hydrogens (tertiary/aromatic N) is 1. The minimum atomic E-state index is -2.72. The van der Waals surface area contributed by atoms with Crippen molar-refractivity contribution in [2.75, 3.05) is 6.61 Å². The Kier molecular flexibility index (Phi) is 11.2. The maximum absolute atomic E-state index is 13.4. The highest BCUT2D eigenvalue weighted by Crippen LogP contribution is 2.53. The van der Waals surface area contributed by atoms with Crippen molar-refractivity contribution in [3.8, 4) is 0 Å². The zero-order valence-electron chi connectivity index (χ0n) is 30.3. The molecule has 0 amide bonds. The molecule has 0 aliphatic heterocycles. The Hall–Kier alpha value is -2.70. The first-order chi connectivity index (χ1) is 22.4. The van der Waals surface area contributed by atoms with Crippen molar-refractivity contribution in [3.63, 3.8) is 0 Å². The first kappa shape index (κ1) is 35.6. The molecule has 0 bridgehead atoms. The van der Waals surface area contributed by atoms with Gasteiger partial charge in [-0.1, -0.05) is 113 Å². The van der Waals surface area contributed by atoms with Crippen molar-refractivity contribution < 1.29 is 18.5 Å². The second kappa shape index (κ2) is 14.8. The van der Waals surface area contributed by atoms with Gasteiger partial charge >= 0.3 is 5.97 Å². The molecule has 0 spiro atoms. The van der Waals surface area contributed by atoms with E-state index in [9.17, 15) is 4.79 Å². The number of hydrogen-bond acceptors (Lipinski definition) is 5. The van der Waals surface area contributed by atoms with Crippen molar-refractivity contribution in [1.82, 2.24) is 5.16 Å². The van der Waals surface area contributed by atoms with E-state index >= 15 is 0 Å². The SMILES string of the molecule is CCC(CC)CC1CC(c2onc(C(CCO[Si](c3ccccc3)(c3ccccc3)C(C)(C)C)CC(=O)OC(C)(C)C)c2C2CC2)C1. The van der Waals surface area contributed by atoms with Crippen molar-refractivity contribution in [2.24, 2.45) is 11.8 Å². The fourth-order valence-corrected chi connectivity index (χ4v) is 12.5. The molecule has 256 valence electrons. The molecule has 0 N–H and O–H groups in total. The topological polar surface area (TPSA) is 61.6 Å².